The van der Waals surface area contributed by atoms with Crippen molar-refractivity contribution in [1.82, 2.24) is 4.72 Å². The molecule has 0 bridgehead atoms. The van der Waals surface area contributed by atoms with Gasteiger partial charge in [0, 0.05) is 25.3 Å². The third-order valence-corrected chi connectivity index (χ3v) is 6.43. The number of nitrogens with zero attached hydrogens (tertiary/aromatic N) is 1. The fraction of sp³-hybridized carbons (Fsp3) is 0.429. The van der Waals surface area contributed by atoms with Gasteiger partial charge in [0.05, 0.1) is 7.11 Å². The molecule has 146 valence electrons. The molecule has 0 unspecified atom stereocenters. The minimum atomic E-state index is -3.58. The molecule has 1 heterocycles. The molecular weight excluding hydrogens is 360 g/mol. The van der Waals surface area contributed by atoms with Crippen LogP contribution in [0, 0.1) is 6.92 Å². The van der Waals surface area contributed by atoms with E-state index >= 15 is 0 Å². The van der Waals surface area contributed by atoms with Crippen molar-refractivity contribution in [3.05, 3.63) is 53.6 Å². The second-order valence-electron chi connectivity index (χ2n) is 7.02. The number of benzene rings is 2. The van der Waals surface area contributed by atoms with Crippen molar-refractivity contribution >= 4 is 15.7 Å². The number of ether oxygens (including phenoxy) is 1. The SMILES string of the molecule is COc1ccc(C)cc1S(=O)(=O)NCCCc1ccc(N2CCCC2)cc1. The summed E-state index contributed by atoms with van der Waals surface area (Å²) in [5, 5.41) is 0. The topological polar surface area (TPSA) is 58.6 Å². The first-order valence-electron chi connectivity index (χ1n) is 9.48. The van der Waals surface area contributed by atoms with Crippen LogP contribution in [-0.4, -0.2) is 35.2 Å². The normalized spacial score (nSPS) is 14.5. The monoisotopic (exact) mass is 388 g/mol. The van der Waals surface area contributed by atoms with Crippen LogP contribution in [0.5, 0.6) is 5.75 Å². The first kappa shape index (κ1) is 19.7. The van der Waals surface area contributed by atoms with Gasteiger partial charge in [-0.25, -0.2) is 13.1 Å². The molecule has 2 aromatic carbocycles. The number of rotatable bonds is 8. The highest BCUT2D eigenvalue weighted by Gasteiger charge is 2.19. The van der Waals surface area contributed by atoms with Gasteiger partial charge in [-0.15, -0.1) is 0 Å². The fourth-order valence-electron chi connectivity index (χ4n) is 3.42. The van der Waals surface area contributed by atoms with Crippen LogP contribution in [0.3, 0.4) is 0 Å². The predicted molar refractivity (Wildman–Crippen MR) is 109 cm³/mol. The maximum atomic E-state index is 12.6. The molecule has 3 rings (SSSR count). The molecule has 0 aromatic heterocycles. The molecule has 2 aromatic rings. The molecule has 5 nitrogen and oxygen atoms in total. The van der Waals surface area contributed by atoms with E-state index in [-0.39, 0.29) is 4.90 Å². The van der Waals surface area contributed by atoms with Gasteiger partial charge in [0.2, 0.25) is 10.0 Å². The lowest BCUT2D eigenvalue weighted by Crippen LogP contribution is -2.25. The minimum absolute atomic E-state index is 0.194. The molecule has 0 amide bonds. The van der Waals surface area contributed by atoms with E-state index in [2.05, 4.69) is 33.9 Å². The van der Waals surface area contributed by atoms with Crippen molar-refractivity contribution in [2.75, 3.05) is 31.6 Å². The Balaban J connectivity index is 1.53. The first-order valence-corrected chi connectivity index (χ1v) is 11.0. The summed E-state index contributed by atoms with van der Waals surface area (Å²) in [4.78, 5) is 2.60. The third-order valence-electron chi connectivity index (χ3n) is 4.95. The largest absolute Gasteiger partial charge is 0.495 e. The lowest BCUT2D eigenvalue weighted by atomic mass is 10.1. The maximum absolute atomic E-state index is 12.6. The van der Waals surface area contributed by atoms with Crippen LogP contribution in [0.25, 0.3) is 0 Å². The smallest absolute Gasteiger partial charge is 0.244 e. The highest BCUT2D eigenvalue weighted by atomic mass is 32.2. The molecule has 0 radical (unpaired) electrons. The fourth-order valence-corrected chi connectivity index (χ4v) is 4.75. The molecule has 1 N–H and O–H groups in total. The van der Waals surface area contributed by atoms with Crippen molar-refractivity contribution in [1.29, 1.82) is 0 Å². The van der Waals surface area contributed by atoms with E-state index in [4.69, 9.17) is 4.74 Å². The molecule has 1 aliphatic rings. The van der Waals surface area contributed by atoms with Gasteiger partial charge in [-0.1, -0.05) is 18.2 Å². The zero-order valence-corrected chi connectivity index (χ0v) is 16.9. The minimum Gasteiger partial charge on any atom is -0.495 e. The van der Waals surface area contributed by atoms with Crippen molar-refractivity contribution in [3.63, 3.8) is 0 Å². The van der Waals surface area contributed by atoms with Gasteiger partial charge in [-0.2, -0.15) is 0 Å². The first-order chi connectivity index (χ1) is 13.0. The highest BCUT2D eigenvalue weighted by Crippen LogP contribution is 2.24. The van der Waals surface area contributed by atoms with Gasteiger partial charge in [-0.3, -0.25) is 0 Å². The van der Waals surface area contributed by atoms with E-state index in [0.717, 1.165) is 31.5 Å². The van der Waals surface area contributed by atoms with Crippen molar-refractivity contribution < 1.29 is 13.2 Å². The van der Waals surface area contributed by atoms with Crippen LogP contribution in [0.15, 0.2) is 47.4 Å². The van der Waals surface area contributed by atoms with E-state index in [1.165, 1.54) is 31.2 Å². The van der Waals surface area contributed by atoms with Crippen molar-refractivity contribution in [2.24, 2.45) is 0 Å². The second-order valence-corrected chi connectivity index (χ2v) is 8.75. The number of aryl methyl sites for hydroxylation is 2. The summed E-state index contributed by atoms with van der Waals surface area (Å²) >= 11 is 0. The van der Waals surface area contributed by atoms with Crippen LogP contribution >= 0.6 is 0 Å². The number of anilines is 1. The number of hydrogen-bond donors (Lipinski definition) is 1. The lowest BCUT2D eigenvalue weighted by molar-refractivity contribution is 0.402. The Bertz CT molecular complexity index is 857. The van der Waals surface area contributed by atoms with Gasteiger partial charge >= 0.3 is 0 Å². The molecule has 1 saturated heterocycles. The Kier molecular flexibility index (Phi) is 6.39. The predicted octanol–water partition coefficient (Wildman–Crippen LogP) is 3.51. The summed E-state index contributed by atoms with van der Waals surface area (Å²) in [7, 11) is -2.10. The summed E-state index contributed by atoms with van der Waals surface area (Å²) in [6.45, 7) is 4.55. The van der Waals surface area contributed by atoms with Gasteiger partial charge in [0.15, 0.2) is 0 Å². The maximum Gasteiger partial charge on any atom is 0.244 e. The molecule has 1 aliphatic heterocycles. The van der Waals surface area contributed by atoms with Crippen LogP contribution < -0.4 is 14.4 Å². The zero-order valence-electron chi connectivity index (χ0n) is 16.1. The van der Waals surface area contributed by atoms with Gasteiger partial charge in [-0.05, 0) is 68.0 Å². The number of methoxy groups -OCH3 is 1. The number of sulfonamides is 1. The summed E-state index contributed by atoms with van der Waals surface area (Å²) in [5.74, 6) is 0.366. The van der Waals surface area contributed by atoms with Crippen LogP contribution in [-0.2, 0) is 16.4 Å². The Morgan fingerprint density at radius 3 is 2.44 bits per heavy atom. The lowest BCUT2D eigenvalue weighted by Gasteiger charge is -2.17. The molecule has 0 atom stereocenters. The summed E-state index contributed by atoms with van der Waals surface area (Å²) in [5.41, 5.74) is 3.39. The van der Waals surface area contributed by atoms with Crippen molar-refractivity contribution in [2.45, 2.75) is 37.5 Å². The highest BCUT2D eigenvalue weighted by molar-refractivity contribution is 7.89. The Morgan fingerprint density at radius 2 is 1.78 bits per heavy atom. The molecule has 0 aliphatic carbocycles. The molecule has 6 heteroatoms. The summed E-state index contributed by atoms with van der Waals surface area (Å²) in [6.07, 6.45) is 4.13. The second kappa shape index (κ2) is 8.76. The van der Waals surface area contributed by atoms with Gasteiger partial charge in [0.1, 0.15) is 10.6 Å². The molecule has 1 fully saturated rings. The third kappa shape index (κ3) is 5.02. The summed E-state index contributed by atoms with van der Waals surface area (Å²) in [6, 6.07) is 13.8. The van der Waals surface area contributed by atoms with Crippen LogP contribution in [0.2, 0.25) is 0 Å². The Morgan fingerprint density at radius 1 is 1.07 bits per heavy atom. The van der Waals surface area contributed by atoms with E-state index < -0.39 is 10.0 Å². The summed E-state index contributed by atoms with van der Waals surface area (Å²) < 4.78 is 33.0. The van der Waals surface area contributed by atoms with E-state index in [9.17, 15) is 8.42 Å². The molecule has 0 saturated carbocycles. The molecule has 0 spiro atoms. The average molecular weight is 389 g/mol. The molecule has 27 heavy (non-hydrogen) atoms. The van der Waals surface area contributed by atoms with E-state index in [1.807, 2.05) is 13.0 Å². The van der Waals surface area contributed by atoms with Gasteiger partial charge in [0.25, 0.3) is 0 Å². The number of hydrogen-bond acceptors (Lipinski definition) is 4. The Hall–Kier alpha value is -2.05. The quantitative estimate of drug-likeness (QED) is 0.703. The van der Waals surface area contributed by atoms with Crippen LogP contribution in [0.1, 0.15) is 30.4 Å². The Labute approximate surface area is 162 Å². The number of nitrogens with one attached hydrogen (secondary N) is 1. The van der Waals surface area contributed by atoms with E-state index in [0.29, 0.717) is 12.3 Å². The van der Waals surface area contributed by atoms with E-state index in [1.54, 1.807) is 12.1 Å². The van der Waals surface area contributed by atoms with Gasteiger partial charge < -0.3 is 9.64 Å². The average Bonchev–Trinajstić information content (AvgIpc) is 3.20. The van der Waals surface area contributed by atoms with Crippen molar-refractivity contribution in [3.8, 4) is 5.75 Å². The zero-order chi connectivity index (χ0) is 19.3. The standard InChI is InChI=1S/C21H28N2O3S/c1-17-7-12-20(26-2)21(16-17)27(24,25)22-13-5-6-18-8-10-19(11-9-18)23-14-3-4-15-23/h7-12,16,22H,3-6,13-15H2,1-2H3. The van der Waals surface area contributed by atoms with Crippen LogP contribution in [0.4, 0.5) is 5.69 Å². The molecular formula is C21H28N2O3S.